The van der Waals surface area contributed by atoms with E-state index in [-0.39, 0.29) is 5.41 Å². The molecule has 1 rings (SSSR count). The Hall–Kier alpha value is -0.930. The maximum atomic E-state index is 5.80. The molecule has 0 saturated carbocycles. The molecule has 1 aromatic rings. The summed E-state index contributed by atoms with van der Waals surface area (Å²) in [6.07, 6.45) is 3.01. The lowest BCUT2D eigenvalue weighted by molar-refractivity contribution is 0.174. The molecule has 0 radical (unpaired) electrons. The van der Waals surface area contributed by atoms with E-state index in [9.17, 15) is 0 Å². The Kier molecular flexibility index (Phi) is 5.59. The van der Waals surface area contributed by atoms with Gasteiger partial charge in [-0.2, -0.15) is 0 Å². The number of nitrogens with two attached hydrogens (primary N) is 1. The molecule has 0 fully saturated rings. The number of rotatable bonds is 7. The Balaban J connectivity index is 2.60. The molecular formula is C14H25N3. The fraction of sp³-hybridized carbons (Fsp3) is 0.643. The molecular weight excluding hydrogens is 210 g/mol. The summed E-state index contributed by atoms with van der Waals surface area (Å²) in [7, 11) is 0. The number of aromatic nitrogens is 1. The summed E-state index contributed by atoms with van der Waals surface area (Å²) in [5.41, 5.74) is 7.11. The van der Waals surface area contributed by atoms with E-state index in [1.54, 1.807) is 0 Å². The van der Waals surface area contributed by atoms with E-state index in [0.29, 0.717) is 0 Å². The first kappa shape index (κ1) is 14.1. The van der Waals surface area contributed by atoms with Gasteiger partial charge in [0.05, 0.1) is 5.69 Å². The van der Waals surface area contributed by atoms with Crippen LogP contribution in [-0.2, 0) is 6.54 Å². The van der Waals surface area contributed by atoms with Crippen LogP contribution in [0.2, 0.25) is 0 Å². The SMILES string of the molecule is CCCN(Cc1ccccn1)CC(C)(C)CN. The van der Waals surface area contributed by atoms with Crippen molar-refractivity contribution in [3.63, 3.8) is 0 Å². The number of nitrogens with zero attached hydrogens (tertiary/aromatic N) is 2. The first-order valence-corrected chi connectivity index (χ1v) is 6.40. The molecule has 0 aliphatic rings. The highest BCUT2D eigenvalue weighted by molar-refractivity contribution is 5.03. The van der Waals surface area contributed by atoms with Gasteiger partial charge in [0.25, 0.3) is 0 Å². The molecule has 1 heterocycles. The van der Waals surface area contributed by atoms with Crippen molar-refractivity contribution < 1.29 is 0 Å². The van der Waals surface area contributed by atoms with Crippen molar-refractivity contribution in [2.75, 3.05) is 19.6 Å². The number of hydrogen-bond donors (Lipinski definition) is 1. The maximum Gasteiger partial charge on any atom is 0.0543 e. The van der Waals surface area contributed by atoms with Crippen molar-refractivity contribution in [3.8, 4) is 0 Å². The van der Waals surface area contributed by atoms with Crippen molar-refractivity contribution in [1.82, 2.24) is 9.88 Å². The standard InChI is InChI=1S/C14H25N3/c1-4-9-17(12-14(2,3)11-15)10-13-7-5-6-8-16-13/h5-8H,4,9-12,15H2,1-3H3. The third-order valence-corrected chi connectivity index (χ3v) is 2.86. The zero-order valence-corrected chi connectivity index (χ0v) is 11.3. The Morgan fingerprint density at radius 3 is 2.65 bits per heavy atom. The molecule has 3 nitrogen and oxygen atoms in total. The average molecular weight is 235 g/mol. The van der Waals surface area contributed by atoms with Gasteiger partial charge in [-0.1, -0.05) is 26.8 Å². The molecule has 0 aliphatic carbocycles. The van der Waals surface area contributed by atoms with Gasteiger partial charge in [0.1, 0.15) is 0 Å². The molecule has 2 N–H and O–H groups in total. The highest BCUT2D eigenvalue weighted by atomic mass is 15.1. The number of hydrogen-bond acceptors (Lipinski definition) is 3. The van der Waals surface area contributed by atoms with Crippen LogP contribution in [-0.4, -0.2) is 29.5 Å². The van der Waals surface area contributed by atoms with Gasteiger partial charge in [0.15, 0.2) is 0 Å². The van der Waals surface area contributed by atoms with E-state index in [1.807, 2.05) is 18.3 Å². The smallest absolute Gasteiger partial charge is 0.0543 e. The topological polar surface area (TPSA) is 42.2 Å². The molecule has 17 heavy (non-hydrogen) atoms. The minimum absolute atomic E-state index is 0.171. The van der Waals surface area contributed by atoms with Crippen molar-refractivity contribution in [3.05, 3.63) is 30.1 Å². The van der Waals surface area contributed by atoms with E-state index >= 15 is 0 Å². The molecule has 0 unspecified atom stereocenters. The highest BCUT2D eigenvalue weighted by Gasteiger charge is 2.20. The summed E-state index contributed by atoms with van der Waals surface area (Å²) < 4.78 is 0. The molecule has 0 atom stereocenters. The van der Waals surface area contributed by atoms with Crippen LogP contribution in [0, 0.1) is 5.41 Å². The van der Waals surface area contributed by atoms with Crippen LogP contribution in [0.1, 0.15) is 32.9 Å². The van der Waals surface area contributed by atoms with Gasteiger partial charge in [-0.3, -0.25) is 9.88 Å². The second-order valence-electron chi connectivity index (χ2n) is 5.40. The predicted molar refractivity (Wildman–Crippen MR) is 72.6 cm³/mol. The summed E-state index contributed by atoms with van der Waals surface area (Å²) in [6, 6.07) is 6.08. The summed E-state index contributed by atoms with van der Waals surface area (Å²) >= 11 is 0. The Labute approximate surface area is 105 Å². The second kappa shape index (κ2) is 6.72. The lowest BCUT2D eigenvalue weighted by Crippen LogP contribution is -2.38. The van der Waals surface area contributed by atoms with E-state index < -0.39 is 0 Å². The van der Waals surface area contributed by atoms with Gasteiger partial charge < -0.3 is 5.73 Å². The van der Waals surface area contributed by atoms with Crippen LogP contribution < -0.4 is 5.73 Å². The molecule has 96 valence electrons. The van der Waals surface area contributed by atoms with Crippen LogP contribution in [0.3, 0.4) is 0 Å². The van der Waals surface area contributed by atoms with Gasteiger partial charge in [0, 0.05) is 19.3 Å². The predicted octanol–water partition coefficient (Wildman–Crippen LogP) is 2.28. The minimum atomic E-state index is 0.171. The van der Waals surface area contributed by atoms with E-state index in [4.69, 9.17) is 5.73 Å². The molecule has 0 aromatic carbocycles. The molecule has 1 aromatic heterocycles. The molecule has 3 heteroatoms. The Bertz CT molecular complexity index is 309. The molecule has 0 bridgehead atoms. The van der Waals surface area contributed by atoms with Crippen LogP contribution in [0.25, 0.3) is 0 Å². The van der Waals surface area contributed by atoms with Gasteiger partial charge in [-0.15, -0.1) is 0 Å². The summed E-state index contributed by atoms with van der Waals surface area (Å²) in [5.74, 6) is 0. The summed E-state index contributed by atoms with van der Waals surface area (Å²) in [6.45, 7) is 10.4. The lowest BCUT2D eigenvalue weighted by Gasteiger charge is -2.31. The quantitative estimate of drug-likeness (QED) is 0.788. The first-order chi connectivity index (χ1) is 8.07. The van der Waals surface area contributed by atoms with E-state index in [1.165, 1.54) is 0 Å². The monoisotopic (exact) mass is 235 g/mol. The zero-order valence-electron chi connectivity index (χ0n) is 11.3. The highest BCUT2D eigenvalue weighted by Crippen LogP contribution is 2.16. The molecule has 0 aliphatic heterocycles. The normalized spacial score (nSPS) is 12.1. The van der Waals surface area contributed by atoms with Crippen molar-refractivity contribution >= 4 is 0 Å². The molecule has 0 amide bonds. The Morgan fingerprint density at radius 2 is 2.12 bits per heavy atom. The fourth-order valence-electron chi connectivity index (χ4n) is 1.92. The van der Waals surface area contributed by atoms with E-state index in [2.05, 4.69) is 36.7 Å². The van der Waals surface area contributed by atoms with Crippen LogP contribution in [0.15, 0.2) is 24.4 Å². The third-order valence-electron chi connectivity index (χ3n) is 2.86. The van der Waals surface area contributed by atoms with Crippen LogP contribution in [0.5, 0.6) is 0 Å². The van der Waals surface area contributed by atoms with Crippen molar-refractivity contribution in [2.24, 2.45) is 11.1 Å². The van der Waals surface area contributed by atoms with Crippen molar-refractivity contribution in [1.29, 1.82) is 0 Å². The zero-order chi connectivity index (χ0) is 12.7. The maximum absolute atomic E-state index is 5.80. The third kappa shape index (κ3) is 5.29. The fourth-order valence-corrected chi connectivity index (χ4v) is 1.92. The van der Waals surface area contributed by atoms with Gasteiger partial charge >= 0.3 is 0 Å². The van der Waals surface area contributed by atoms with Gasteiger partial charge in [-0.25, -0.2) is 0 Å². The van der Waals surface area contributed by atoms with Gasteiger partial charge in [-0.05, 0) is 37.1 Å². The summed E-state index contributed by atoms with van der Waals surface area (Å²) in [5, 5.41) is 0. The minimum Gasteiger partial charge on any atom is -0.330 e. The average Bonchev–Trinajstić information content (AvgIpc) is 2.30. The van der Waals surface area contributed by atoms with Gasteiger partial charge in [0.2, 0.25) is 0 Å². The summed E-state index contributed by atoms with van der Waals surface area (Å²) in [4.78, 5) is 6.82. The largest absolute Gasteiger partial charge is 0.330 e. The van der Waals surface area contributed by atoms with Crippen molar-refractivity contribution in [2.45, 2.75) is 33.7 Å². The lowest BCUT2D eigenvalue weighted by atomic mass is 9.93. The molecule has 0 saturated heterocycles. The van der Waals surface area contributed by atoms with E-state index in [0.717, 1.165) is 38.3 Å². The number of pyridine rings is 1. The molecule has 0 spiro atoms. The van der Waals surface area contributed by atoms with Crippen LogP contribution in [0.4, 0.5) is 0 Å². The Morgan fingerprint density at radius 1 is 1.35 bits per heavy atom. The van der Waals surface area contributed by atoms with Crippen LogP contribution >= 0.6 is 0 Å². The first-order valence-electron chi connectivity index (χ1n) is 6.40. The second-order valence-corrected chi connectivity index (χ2v) is 5.40.